The molecular formula is C19H23FN2O3. The lowest BCUT2D eigenvalue weighted by Crippen LogP contribution is -2.52. The second kappa shape index (κ2) is 6.32. The monoisotopic (exact) mass is 346 g/mol. The highest BCUT2D eigenvalue weighted by Gasteiger charge is 2.54. The van der Waals surface area contributed by atoms with E-state index in [0.717, 1.165) is 24.9 Å². The summed E-state index contributed by atoms with van der Waals surface area (Å²) in [4.78, 5) is 28.6. The molecule has 4 atom stereocenters. The third kappa shape index (κ3) is 2.87. The van der Waals surface area contributed by atoms with Gasteiger partial charge in [0.2, 0.25) is 5.91 Å². The van der Waals surface area contributed by atoms with Crippen molar-refractivity contribution in [3.63, 3.8) is 0 Å². The van der Waals surface area contributed by atoms with Crippen LogP contribution in [0.2, 0.25) is 0 Å². The average Bonchev–Trinajstić information content (AvgIpc) is 3.23. The summed E-state index contributed by atoms with van der Waals surface area (Å²) in [6, 6.07) is 6.39. The van der Waals surface area contributed by atoms with E-state index in [1.807, 2.05) is 4.90 Å². The van der Waals surface area contributed by atoms with E-state index in [1.165, 1.54) is 12.1 Å². The van der Waals surface area contributed by atoms with Crippen LogP contribution in [0.15, 0.2) is 24.3 Å². The predicted molar refractivity (Wildman–Crippen MR) is 90.6 cm³/mol. The Hall–Kier alpha value is -2.11. The number of rotatable bonds is 3. The van der Waals surface area contributed by atoms with Crippen LogP contribution in [0.5, 0.6) is 0 Å². The first-order valence-electron chi connectivity index (χ1n) is 9.06. The van der Waals surface area contributed by atoms with Crippen molar-refractivity contribution in [3.8, 4) is 0 Å². The topological polar surface area (TPSA) is 60.9 Å². The molecule has 1 N–H and O–H groups in total. The van der Waals surface area contributed by atoms with Gasteiger partial charge in [-0.3, -0.25) is 9.59 Å². The Morgan fingerprint density at radius 2 is 1.56 bits per heavy atom. The number of piperazine rings is 1. The van der Waals surface area contributed by atoms with Crippen LogP contribution in [-0.2, 0) is 9.59 Å². The maximum Gasteiger partial charge on any atom is 0.307 e. The highest BCUT2D eigenvalue weighted by Crippen LogP contribution is 2.53. The van der Waals surface area contributed by atoms with Crippen molar-refractivity contribution in [3.05, 3.63) is 30.1 Å². The van der Waals surface area contributed by atoms with Crippen LogP contribution in [0.1, 0.15) is 19.3 Å². The molecule has 0 spiro atoms. The predicted octanol–water partition coefficient (Wildman–Crippen LogP) is 2.22. The molecule has 3 fully saturated rings. The van der Waals surface area contributed by atoms with Crippen molar-refractivity contribution in [1.82, 2.24) is 4.90 Å². The molecule has 2 aliphatic carbocycles. The Labute approximate surface area is 146 Å². The summed E-state index contributed by atoms with van der Waals surface area (Å²) in [5.41, 5.74) is 0.955. The molecule has 1 aliphatic heterocycles. The van der Waals surface area contributed by atoms with Gasteiger partial charge in [0.25, 0.3) is 0 Å². The number of fused-ring (bicyclic) bond motifs is 2. The minimum absolute atomic E-state index is 0.0263. The fourth-order valence-electron chi connectivity index (χ4n) is 5.05. The lowest BCUT2D eigenvalue weighted by molar-refractivity contribution is -0.153. The SMILES string of the molecule is O=C(O)[C@H]1[C@@H]2CC[C@H](C2)[C@@H]1C(=O)N1CCN(c2ccc(F)cc2)CC1. The van der Waals surface area contributed by atoms with Gasteiger partial charge in [-0.25, -0.2) is 4.39 Å². The van der Waals surface area contributed by atoms with Crippen molar-refractivity contribution >= 4 is 17.6 Å². The van der Waals surface area contributed by atoms with Gasteiger partial charge in [-0.05, 0) is 55.4 Å². The van der Waals surface area contributed by atoms with Gasteiger partial charge in [0.15, 0.2) is 0 Å². The summed E-state index contributed by atoms with van der Waals surface area (Å²) >= 11 is 0. The van der Waals surface area contributed by atoms with Crippen LogP contribution in [0.4, 0.5) is 10.1 Å². The summed E-state index contributed by atoms with van der Waals surface area (Å²) in [6.07, 6.45) is 2.83. The smallest absolute Gasteiger partial charge is 0.307 e. The van der Waals surface area contributed by atoms with Crippen LogP contribution in [-0.4, -0.2) is 48.1 Å². The van der Waals surface area contributed by atoms with Crippen LogP contribution in [0, 0.1) is 29.5 Å². The zero-order valence-corrected chi connectivity index (χ0v) is 14.1. The van der Waals surface area contributed by atoms with E-state index in [4.69, 9.17) is 0 Å². The molecule has 134 valence electrons. The van der Waals surface area contributed by atoms with E-state index in [-0.39, 0.29) is 29.5 Å². The van der Waals surface area contributed by atoms with Gasteiger partial charge in [-0.2, -0.15) is 0 Å². The van der Waals surface area contributed by atoms with Crippen LogP contribution in [0.3, 0.4) is 0 Å². The summed E-state index contributed by atoms with van der Waals surface area (Å²) in [7, 11) is 0. The van der Waals surface area contributed by atoms with E-state index in [9.17, 15) is 19.1 Å². The van der Waals surface area contributed by atoms with Crippen molar-refractivity contribution in [1.29, 1.82) is 0 Å². The number of aliphatic carboxylic acids is 1. The molecule has 0 aromatic heterocycles. The van der Waals surface area contributed by atoms with Gasteiger partial charge in [-0.1, -0.05) is 0 Å². The number of carbonyl (C=O) groups is 2. The number of hydrogen-bond donors (Lipinski definition) is 1. The standard InChI is InChI=1S/C19H23FN2O3/c20-14-3-5-15(6-4-14)21-7-9-22(10-8-21)18(23)16-12-1-2-13(11-12)17(16)19(24)25/h3-6,12-13,16-17H,1-2,7-11H2,(H,24,25)/t12-,13-,16+,17+/m1/s1. The van der Waals surface area contributed by atoms with Crippen LogP contribution < -0.4 is 4.90 Å². The molecule has 1 amide bonds. The zero-order chi connectivity index (χ0) is 17.6. The lowest BCUT2D eigenvalue weighted by atomic mass is 9.78. The quantitative estimate of drug-likeness (QED) is 0.912. The minimum Gasteiger partial charge on any atom is -0.481 e. The summed E-state index contributed by atoms with van der Waals surface area (Å²) < 4.78 is 13.1. The Kier molecular flexibility index (Phi) is 4.13. The first-order chi connectivity index (χ1) is 12.0. The first-order valence-corrected chi connectivity index (χ1v) is 9.06. The van der Waals surface area contributed by atoms with Gasteiger partial charge in [0.05, 0.1) is 11.8 Å². The largest absolute Gasteiger partial charge is 0.481 e. The number of carboxylic acids is 1. The van der Waals surface area contributed by atoms with E-state index in [1.54, 1.807) is 12.1 Å². The Balaban J connectivity index is 1.41. The van der Waals surface area contributed by atoms with E-state index < -0.39 is 11.9 Å². The molecule has 1 saturated heterocycles. The second-order valence-electron chi connectivity index (χ2n) is 7.51. The average molecular weight is 346 g/mol. The molecule has 2 saturated carbocycles. The van der Waals surface area contributed by atoms with Gasteiger partial charge in [0, 0.05) is 31.9 Å². The van der Waals surface area contributed by atoms with Crippen molar-refractivity contribution in [2.75, 3.05) is 31.1 Å². The summed E-state index contributed by atoms with van der Waals surface area (Å²) in [6.45, 7) is 2.57. The zero-order valence-electron chi connectivity index (χ0n) is 14.1. The van der Waals surface area contributed by atoms with Gasteiger partial charge >= 0.3 is 5.97 Å². The Morgan fingerprint density at radius 3 is 2.16 bits per heavy atom. The van der Waals surface area contributed by atoms with Crippen LogP contribution in [0.25, 0.3) is 0 Å². The number of carboxylic acid groups (broad SMARTS) is 1. The third-order valence-electron chi connectivity index (χ3n) is 6.27. The number of benzene rings is 1. The van der Waals surface area contributed by atoms with E-state index in [2.05, 4.69) is 4.90 Å². The molecule has 0 radical (unpaired) electrons. The number of nitrogens with zero attached hydrogens (tertiary/aromatic N) is 2. The normalized spacial score (nSPS) is 31.4. The maximum atomic E-state index is 13.1. The molecule has 1 aromatic rings. The highest BCUT2D eigenvalue weighted by molar-refractivity contribution is 5.86. The molecule has 25 heavy (non-hydrogen) atoms. The molecule has 5 nitrogen and oxygen atoms in total. The fourth-order valence-corrected chi connectivity index (χ4v) is 5.05. The minimum atomic E-state index is -0.810. The first kappa shape index (κ1) is 16.4. The number of amides is 1. The molecule has 4 rings (SSSR count). The van der Waals surface area contributed by atoms with Crippen LogP contribution >= 0.6 is 0 Å². The van der Waals surface area contributed by atoms with E-state index >= 15 is 0 Å². The summed E-state index contributed by atoms with van der Waals surface area (Å²) in [5, 5.41) is 9.56. The molecule has 3 aliphatic rings. The highest BCUT2D eigenvalue weighted by atomic mass is 19.1. The van der Waals surface area contributed by atoms with Crippen molar-refractivity contribution in [2.45, 2.75) is 19.3 Å². The molecule has 1 aromatic carbocycles. The van der Waals surface area contributed by atoms with Gasteiger partial charge in [0.1, 0.15) is 5.82 Å². The molecular weight excluding hydrogens is 323 g/mol. The third-order valence-corrected chi connectivity index (χ3v) is 6.27. The molecule has 0 unspecified atom stereocenters. The number of hydrogen-bond acceptors (Lipinski definition) is 3. The molecule has 1 heterocycles. The number of halogens is 1. The second-order valence-corrected chi connectivity index (χ2v) is 7.51. The molecule has 2 bridgehead atoms. The van der Waals surface area contributed by atoms with E-state index in [0.29, 0.717) is 26.2 Å². The Bertz CT molecular complexity index is 670. The van der Waals surface area contributed by atoms with Gasteiger partial charge < -0.3 is 14.9 Å². The number of carbonyl (C=O) groups excluding carboxylic acids is 1. The fraction of sp³-hybridized carbons (Fsp3) is 0.579. The lowest BCUT2D eigenvalue weighted by Gasteiger charge is -2.39. The van der Waals surface area contributed by atoms with Crippen molar-refractivity contribution in [2.24, 2.45) is 23.7 Å². The maximum absolute atomic E-state index is 13.1. The Morgan fingerprint density at radius 1 is 0.960 bits per heavy atom. The molecule has 6 heteroatoms. The number of anilines is 1. The van der Waals surface area contributed by atoms with Gasteiger partial charge in [-0.15, -0.1) is 0 Å². The van der Waals surface area contributed by atoms with Crippen molar-refractivity contribution < 1.29 is 19.1 Å². The summed E-state index contributed by atoms with van der Waals surface area (Å²) in [5.74, 6) is -1.46.